The average molecular weight is 237 g/mol. The quantitative estimate of drug-likeness (QED) is 0.717. The van der Waals surface area contributed by atoms with Crippen LogP contribution in [0.3, 0.4) is 0 Å². The fourth-order valence-electron chi connectivity index (χ4n) is 1.66. The fraction of sp³-hybridized carbons (Fsp3) is 0.692. The Bertz CT molecular complexity index is 384. The molecule has 0 radical (unpaired) electrons. The molecule has 4 nitrogen and oxygen atoms in total. The number of aromatic amines is 1. The molecule has 1 rings (SSSR count). The average Bonchev–Trinajstić information content (AvgIpc) is 2.27. The van der Waals surface area contributed by atoms with E-state index in [1.165, 1.54) is 18.9 Å². The number of unbranched alkanes of at least 4 members (excludes halogenated alkanes) is 1. The maximum atomic E-state index is 11.3. The zero-order valence-corrected chi connectivity index (χ0v) is 11.0. The second-order valence-electron chi connectivity index (χ2n) is 4.75. The van der Waals surface area contributed by atoms with E-state index < -0.39 is 0 Å². The summed E-state index contributed by atoms with van der Waals surface area (Å²) in [4.78, 5) is 18.3. The Hall–Kier alpha value is -1.32. The van der Waals surface area contributed by atoms with E-state index >= 15 is 0 Å². The highest BCUT2D eigenvalue weighted by Gasteiger charge is 1.99. The van der Waals surface area contributed by atoms with Crippen LogP contribution in [0.4, 0.5) is 5.82 Å². The zero-order valence-electron chi connectivity index (χ0n) is 11.0. The number of aromatic nitrogens is 2. The van der Waals surface area contributed by atoms with Gasteiger partial charge in [0.2, 0.25) is 0 Å². The summed E-state index contributed by atoms with van der Waals surface area (Å²) in [5.74, 6) is 2.19. The normalized spacial score (nSPS) is 10.8. The van der Waals surface area contributed by atoms with Gasteiger partial charge in [0.15, 0.2) is 0 Å². The number of hydrogen-bond donors (Lipinski definition) is 2. The molecule has 1 aromatic rings. The highest BCUT2D eigenvalue weighted by atomic mass is 16.1. The lowest BCUT2D eigenvalue weighted by Gasteiger charge is -2.07. The van der Waals surface area contributed by atoms with Crippen molar-refractivity contribution in [2.24, 2.45) is 5.92 Å². The van der Waals surface area contributed by atoms with Gasteiger partial charge in [-0.15, -0.1) is 0 Å². The molecule has 0 amide bonds. The lowest BCUT2D eigenvalue weighted by Crippen LogP contribution is -2.14. The molecule has 0 saturated heterocycles. The van der Waals surface area contributed by atoms with Gasteiger partial charge in [-0.05, 0) is 12.3 Å². The Kier molecular flexibility index (Phi) is 5.73. The van der Waals surface area contributed by atoms with E-state index in [4.69, 9.17) is 0 Å². The Morgan fingerprint density at radius 3 is 2.82 bits per heavy atom. The van der Waals surface area contributed by atoms with E-state index in [1.54, 1.807) is 0 Å². The molecule has 0 saturated carbocycles. The Morgan fingerprint density at radius 2 is 2.18 bits per heavy atom. The van der Waals surface area contributed by atoms with Crippen molar-refractivity contribution in [3.63, 3.8) is 0 Å². The van der Waals surface area contributed by atoms with Crippen LogP contribution in [0.15, 0.2) is 10.9 Å². The highest BCUT2D eigenvalue weighted by Crippen LogP contribution is 2.06. The van der Waals surface area contributed by atoms with Crippen molar-refractivity contribution in [3.8, 4) is 0 Å². The van der Waals surface area contributed by atoms with Gasteiger partial charge in [0.1, 0.15) is 11.6 Å². The van der Waals surface area contributed by atoms with Crippen molar-refractivity contribution in [2.75, 3.05) is 11.9 Å². The van der Waals surface area contributed by atoms with Gasteiger partial charge in [0, 0.05) is 19.0 Å². The van der Waals surface area contributed by atoms with Crippen molar-refractivity contribution in [1.29, 1.82) is 0 Å². The van der Waals surface area contributed by atoms with Gasteiger partial charge in [0.05, 0.1) is 0 Å². The van der Waals surface area contributed by atoms with E-state index in [0.717, 1.165) is 31.1 Å². The summed E-state index contributed by atoms with van der Waals surface area (Å²) in [6.07, 6.45) is 4.34. The zero-order chi connectivity index (χ0) is 12.7. The predicted molar refractivity (Wildman–Crippen MR) is 71.4 cm³/mol. The molecular formula is C13H23N3O. The van der Waals surface area contributed by atoms with Crippen molar-refractivity contribution >= 4 is 5.82 Å². The molecule has 0 aliphatic heterocycles. The highest BCUT2D eigenvalue weighted by molar-refractivity contribution is 5.32. The maximum Gasteiger partial charge on any atom is 0.252 e. The third kappa shape index (κ3) is 5.52. The Labute approximate surface area is 103 Å². The molecule has 0 fully saturated rings. The van der Waals surface area contributed by atoms with Crippen LogP contribution in [-0.2, 0) is 6.42 Å². The molecule has 1 aromatic heterocycles. The van der Waals surface area contributed by atoms with Crippen molar-refractivity contribution in [1.82, 2.24) is 9.97 Å². The molecule has 0 aliphatic carbocycles. The summed E-state index contributed by atoms with van der Waals surface area (Å²) in [5.41, 5.74) is -0.0819. The summed E-state index contributed by atoms with van der Waals surface area (Å²) in [5, 5.41) is 3.20. The van der Waals surface area contributed by atoms with Crippen molar-refractivity contribution in [2.45, 2.75) is 46.5 Å². The molecular weight excluding hydrogens is 214 g/mol. The van der Waals surface area contributed by atoms with Gasteiger partial charge in [-0.25, -0.2) is 4.98 Å². The van der Waals surface area contributed by atoms with E-state index in [-0.39, 0.29) is 5.56 Å². The summed E-state index contributed by atoms with van der Waals surface area (Å²) in [6.45, 7) is 7.33. The van der Waals surface area contributed by atoms with Gasteiger partial charge >= 0.3 is 0 Å². The van der Waals surface area contributed by atoms with Crippen LogP contribution in [0.5, 0.6) is 0 Å². The number of hydrogen-bond acceptors (Lipinski definition) is 3. The molecule has 0 spiro atoms. The Balaban J connectivity index is 2.36. The number of anilines is 1. The van der Waals surface area contributed by atoms with Gasteiger partial charge in [-0.3, -0.25) is 4.79 Å². The van der Waals surface area contributed by atoms with Gasteiger partial charge < -0.3 is 10.3 Å². The monoisotopic (exact) mass is 237 g/mol. The van der Waals surface area contributed by atoms with Crippen LogP contribution in [0, 0.1) is 5.92 Å². The van der Waals surface area contributed by atoms with Crippen molar-refractivity contribution < 1.29 is 0 Å². The molecule has 96 valence electrons. The molecule has 2 N–H and O–H groups in total. The summed E-state index contributed by atoms with van der Waals surface area (Å²) in [6, 6.07) is 1.52. The topological polar surface area (TPSA) is 57.8 Å². The van der Waals surface area contributed by atoms with Crippen LogP contribution >= 0.6 is 0 Å². The van der Waals surface area contributed by atoms with Crippen LogP contribution < -0.4 is 10.9 Å². The molecule has 1 heterocycles. The molecule has 0 aliphatic rings. The first-order valence-electron chi connectivity index (χ1n) is 6.46. The summed E-state index contributed by atoms with van der Waals surface area (Å²) in [7, 11) is 0. The van der Waals surface area contributed by atoms with Crippen LogP contribution in [0.1, 0.15) is 45.9 Å². The third-order valence-electron chi connectivity index (χ3n) is 2.64. The Morgan fingerprint density at radius 1 is 1.41 bits per heavy atom. The van der Waals surface area contributed by atoms with Gasteiger partial charge in [0.25, 0.3) is 5.56 Å². The first kappa shape index (κ1) is 13.7. The van der Waals surface area contributed by atoms with Crippen LogP contribution in [0.2, 0.25) is 0 Å². The minimum Gasteiger partial charge on any atom is -0.370 e. The fourth-order valence-corrected chi connectivity index (χ4v) is 1.66. The number of aryl methyl sites for hydroxylation is 1. The lowest BCUT2D eigenvalue weighted by molar-refractivity contribution is 0.544. The first-order chi connectivity index (χ1) is 8.11. The minimum absolute atomic E-state index is 0.0819. The van der Waals surface area contributed by atoms with Gasteiger partial charge in [-0.2, -0.15) is 0 Å². The second kappa shape index (κ2) is 7.09. The maximum absolute atomic E-state index is 11.3. The molecule has 0 bridgehead atoms. The standard InChI is InChI=1S/C13H23N3O/c1-4-11-15-12(9-13(17)16-11)14-8-6-5-7-10(2)3/h9-10H,4-8H2,1-3H3,(H2,14,15,16,17). The molecule has 17 heavy (non-hydrogen) atoms. The predicted octanol–water partition coefficient (Wildman–Crippen LogP) is 2.57. The number of H-pyrrole nitrogens is 1. The summed E-state index contributed by atoms with van der Waals surface area (Å²) < 4.78 is 0. The number of rotatable bonds is 7. The van der Waals surface area contributed by atoms with Crippen LogP contribution in [-0.4, -0.2) is 16.5 Å². The minimum atomic E-state index is -0.0819. The molecule has 4 heteroatoms. The van der Waals surface area contributed by atoms with Crippen molar-refractivity contribution in [3.05, 3.63) is 22.2 Å². The van der Waals surface area contributed by atoms with Crippen LogP contribution in [0.25, 0.3) is 0 Å². The van der Waals surface area contributed by atoms with E-state index in [0.29, 0.717) is 5.82 Å². The third-order valence-corrected chi connectivity index (χ3v) is 2.64. The largest absolute Gasteiger partial charge is 0.370 e. The number of nitrogens with one attached hydrogen (secondary N) is 2. The number of nitrogens with zero attached hydrogens (tertiary/aromatic N) is 1. The second-order valence-corrected chi connectivity index (χ2v) is 4.75. The van der Waals surface area contributed by atoms with E-state index in [9.17, 15) is 4.79 Å². The SMILES string of the molecule is CCc1nc(NCCCCC(C)C)cc(=O)[nH]1. The van der Waals surface area contributed by atoms with Gasteiger partial charge in [-0.1, -0.05) is 33.6 Å². The molecule has 0 atom stereocenters. The summed E-state index contributed by atoms with van der Waals surface area (Å²) >= 11 is 0. The van der Waals surface area contributed by atoms with E-state index in [1.807, 2.05) is 6.92 Å². The van der Waals surface area contributed by atoms with E-state index in [2.05, 4.69) is 29.1 Å². The smallest absolute Gasteiger partial charge is 0.252 e. The molecule has 0 unspecified atom stereocenters. The lowest BCUT2D eigenvalue weighted by atomic mass is 10.1. The first-order valence-corrected chi connectivity index (χ1v) is 6.46. The molecule has 0 aromatic carbocycles.